The first kappa shape index (κ1) is 20.2. The number of para-hydroxylation sites is 1. The van der Waals surface area contributed by atoms with Crippen molar-refractivity contribution in [2.75, 3.05) is 19.6 Å². The Morgan fingerprint density at radius 1 is 1.16 bits per heavy atom. The summed E-state index contributed by atoms with van der Waals surface area (Å²) in [6, 6.07) is 8.38. The second-order valence-electron chi connectivity index (χ2n) is 10.1. The minimum Gasteiger partial charge on any atom is -0.336 e. The van der Waals surface area contributed by atoms with Crippen LogP contribution < -0.4 is 5.56 Å². The number of hydrogen-bond donors (Lipinski definition) is 1. The SMILES string of the molecule is O=C(CCc1nc2ccccc2c(=O)[nH]1)N1CCCC2=C[C@@H]3C[C@@H](CN4CCCC[C@H]34)[C@@H]21. The number of H-pyrrole nitrogens is 1. The zero-order chi connectivity index (χ0) is 21.7. The number of amides is 1. The van der Waals surface area contributed by atoms with Crippen molar-refractivity contribution >= 4 is 16.8 Å². The van der Waals surface area contributed by atoms with Gasteiger partial charge in [-0.3, -0.25) is 14.5 Å². The predicted octanol–water partition coefficient (Wildman–Crippen LogP) is 3.28. The van der Waals surface area contributed by atoms with Gasteiger partial charge < -0.3 is 9.88 Å². The summed E-state index contributed by atoms with van der Waals surface area (Å²) in [4.78, 5) is 38.1. The van der Waals surface area contributed by atoms with E-state index in [0.29, 0.717) is 41.4 Å². The van der Waals surface area contributed by atoms with Gasteiger partial charge in [0, 0.05) is 32.0 Å². The summed E-state index contributed by atoms with van der Waals surface area (Å²) < 4.78 is 0. The van der Waals surface area contributed by atoms with Gasteiger partial charge in [0.2, 0.25) is 5.91 Å². The Hall–Kier alpha value is -2.47. The molecule has 1 N–H and O–H groups in total. The van der Waals surface area contributed by atoms with Gasteiger partial charge in [0.05, 0.1) is 16.9 Å². The van der Waals surface area contributed by atoms with Crippen LogP contribution >= 0.6 is 0 Å². The number of aryl methyl sites for hydroxylation is 1. The van der Waals surface area contributed by atoms with Crippen LogP contribution in [0.2, 0.25) is 0 Å². The number of likely N-dealkylation sites (tertiary alicyclic amines) is 1. The fraction of sp³-hybridized carbons (Fsp3) is 0.577. The Morgan fingerprint density at radius 3 is 3.00 bits per heavy atom. The summed E-state index contributed by atoms with van der Waals surface area (Å²) in [7, 11) is 0. The lowest BCUT2D eigenvalue weighted by Gasteiger charge is -2.54. The van der Waals surface area contributed by atoms with E-state index in [0.717, 1.165) is 32.0 Å². The highest BCUT2D eigenvalue weighted by Gasteiger charge is 2.46. The molecule has 4 atom stereocenters. The Balaban J connectivity index is 1.20. The first-order valence-electron chi connectivity index (χ1n) is 12.4. The van der Waals surface area contributed by atoms with Crippen molar-refractivity contribution in [2.45, 2.75) is 63.5 Å². The van der Waals surface area contributed by atoms with Crippen molar-refractivity contribution in [3.63, 3.8) is 0 Å². The van der Waals surface area contributed by atoms with Crippen molar-refractivity contribution in [3.05, 3.63) is 52.1 Å². The fourth-order valence-corrected chi connectivity index (χ4v) is 6.88. The van der Waals surface area contributed by atoms with Crippen LogP contribution in [-0.2, 0) is 11.2 Å². The van der Waals surface area contributed by atoms with Crippen LogP contribution in [0, 0.1) is 11.8 Å². The topological polar surface area (TPSA) is 69.3 Å². The number of piperidine rings is 3. The molecule has 6 rings (SSSR count). The molecular formula is C26H32N4O2. The van der Waals surface area contributed by atoms with Crippen molar-refractivity contribution in [1.29, 1.82) is 0 Å². The van der Waals surface area contributed by atoms with Crippen molar-refractivity contribution in [3.8, 4) is 0 Å². The van der Waals surface area contributed by atoms with Gasteiger partial charge in [0.15, 0.2) is 0 Å². The van der Waals surface area contributed by atoms with Crippen LogP contribution in [0.1, 0.15) is 50.8 Å². The zero-order valence-corrected chi connectivity index (χ0v) is 18.6. The normalized spacial score (nSPS) is 29.9. The highest BCUT2D eigenvalue weighted by atomic mass is 16.2. The van der Waals surface area contributed by atoms with Crippen molar-refractivity contribution < 1.29 is 4.79 Å². The molecule has 32 heavy (non-hydrogen) atoms. The molecule has 0 saturated carbocycles. The maximum absolute atomic E-state index is 13.4. The average molecular weight is 433 g/mol. The smallest absolute Gasteiger partial charge is 0.258 e. The minimum absolute atomic E-state index is 0.127. The third-order valence-electron chi connectivity index (χ3n) is 8.22. The first-order valence-corrected chi connectivity index (χ1v) is 12.4. The number of nitrogens with zero attached hydrogens (tertiary/aromatic N) is 3. The highest BCUT2D eigenvalue weighted by Crippen LogP contribution is 2.45. The quantitative estimate of drug-likeness (QED) is 0.756. The lowest BCUT2D eigenvalue weighted by Crippen LogP contribution is -2.60. The molecule has 0 unspecified atom stereocenters. The Morgan fingerprint density at radius 2 is 2.06 bits per heavy atom. The minimum atomic E-state index is -0.127. The number of nitrogens with one attached hydrogen (secondary N) is 1. The van der Waals surface area contributed by atoms with Crippen LogP contribution in [0.25, 0.3) is 10.9 Å². The van der Waals surface area contributed by atoms with E-state index in [4.69, 9.17) is 0 Å². The maximum atomic E-state index is 13.4. The Labute approximate surface area is 188 Å². The Bertz CT molecular complexity index is 1120. The molecule has 1 aromatic carbocycles. The van der Waals surface area contributed by atoms with Crippen LogP contribution in [-0.4, -0.2) is 57.4 Å². The molecule has 1 amide bonds. The second-order valence-corrected chi connectivity index (χ2v) is 10.1. The van der Waals surface area contributed by atoms with E-state index in [1.807, 2.05) is 18.2 Å². The fourth-order valence-electron chi connectivity index (χ4n) is 6.88. The third kappa shape index (κ3) is 3.49. The molecular weight excluding hydrogens is 400 g/mol. The van der Waals surface area contributed by atoms with E-state index in [1.54, 1.807) is 6.07 Å². The predicted molar refractivity (Wildman–Crippen MR) is 124 cm³/mol. The van der Waals surface area contributed by atoms with Gasteiger partial charge in [-0.25, -0.2) is 4.98 Å². The number of fused-ring (bicyclic) bond motifs is 7. The summed E-state index contributed by atoms with van der Waals surface area (Å²) >= 11 is 0. The average Bonchev–Trinajstić information content (AvgIpc) is 2.82. The van der Waals surface area contributed by atoms with Gasteiger partial charge in [-0.05, 0) is 62.6 Å². The van der Waals surface area contributed by atoms with Gasteiger partial charge in [0.25, 0.3) is 5.56 Å². The number of benzene rings is 1. The molecule has 4 aliphatic rings. The standard InChI is InChI=1S/C26H32N4O2/c31-24(11-10-23-27-21-8-2-1-7-20(21)26(32)28-23)30-13-5-6-17-14-18-15-19(25(17)30)16-29-12-4-3-9-22(18)29/h1-2,7-8,14,18-19,22,25H,3-6,9-13,15-16H2,(H,27,28,32)/t18-,19+,22-,25-/m1/s1. The summed E-state index contributed by atoms with van der Waals surface area (Å²) in [5.41, 5.74) is 2.09. The number of hydrogen-bond acceptors (Lipinski definition) is 4. The lowest BCUT2D eigenvalue weighted by atomic mass is 9.68. The number of aromatic amines is 1. The van der Waals surface area contributed by atoms with Gasteiger partial charge >= 0.3 is 0 Å². The van der Waals surface area contributed by atoms with Gasteiger partial charge in [-0.2, -0.15) is 0 Å². The van der Waals surface area contributed by atoms with Crippen LogP contribution in [0.4, 0.5) is 0 Å². The molecule has 2 bridgehead atoms. The molecule has 168 valence electrons. The van der Waals surface area contributed by atoms with E-state index in [-0.39, 0.29) is 17.5 Å². The summed E-state index contributed by atoms with van der Waals surface area (Å²) in [5.74, 6) is 2.06. The number of aromatic nitrogens is 2. The highest BCUT2D eigenvalue weighted by molar-refractivity contribution is 5.78. The van der Waals surface area contributed by atoms with E-state index in [9.17, 15) is 9.59 Å². The third-order valence-corrected chi connectivity index (χ3v) is 8.22. The van der Waals surface area contributed by atoms with Crippen LogP contribution in [0.15, 0.2) is 40.7 Å². The molecule has 6 heteroatoms. The molecule has 2 aromatic rings. The van der Waals surface area contributed by atoms with E-state index < -0.39 is 0 Å². The van der Waals surface area contributed by atoms with Crippen LogP contribution in [0.5, 0.6) is 0 Å². The maximum Gasteiger partial charge on any atom is 0.258 e. The molecule has 3 saturated heterocycles. The molecule has 3 fully saturated rings. The molecule has 0 radical (unpaired) electrons. The van der Waals surface area contributed by atoms with Crippen LogP contribution in [0.3, 0.4) is 0 Å². The van der Waals surface area contributed by atoms with E-state index in [2.05, 4.69) is 25.8 Å². The summed E-state index contributed by atoms with van der Waals surface area (Å²) in [6.07, 6.45) is 10.9. The van der Waals surface area contributed by atoms with E-state index in [1.165, 1.54) is 37.8 Å². The van der Waals surface area contributed by atoms with E-state index >= 15 is 0 Å². The number of carbonyl (C=O) groups is 1. The number of carbonyl (C=O) groups excluding carboxylic acids is 1. The molecule has 6 nitrogen and oxygen atoms in total. The molecule has 1 aliphatic carbocycles. The molecule has 1 aromatic heterocycles. The molecule has 3 aliphatic heterocycles. The lowest BCUT2D eigenvalue weighted by molar-refractivity contribution is -0.136. The second kappa shape index (κ2) is 8.14. The van der Waals surface area contributed by atoms with Gasteiger partial charge in [0.1, 0.15) is 5.82 Å². The van der Waals surface area contributed by atoms with Gasteiger partial charge in [-0.15, -0.1) is 0 Å². The van der Waals surface area contributed by atoms with Crippen molar-refractivity contribution in [2.24, 2.45) is 11.8 Å². The van der Waals surface area contributed by atoms with Gasteiger partial charge in [-0.1, -0.05) is 30.2 Å². The number of rotatable bonds is 3. The summed E-state index contributed by atoms with van der Waals surface area (Å²) in [6.45, 7) is 3.22. The largest absolute Gasteiger partial charge is 0.336 e. The zero-order valence-electron chi connectivity index (χ0n) is 18.6. The molecule has 0 spiro atoms. The first-order chi connectivity index (χ1) is 15.7. The summed E-state index contributed by atoms with van der Waals surface area (Å²) in [5, 5.41) is 0.596. The Kier molecular flexibility index (Phi) is 5.13. The van der Waals surface area contributed by atoms with Crippen molar-refractivity contribution in [1.82, 2.24) is 19.8 Å². The monoisotopic (exact) mass is 432 g/mol. The molecule has 4 heterocycles.